The van der Waals surface area contributed by atoms with Crippen LogP contribution in [0.15, 0.2) is 0 Å². The van der Waals surface area contributed by atoms with Crippen LogP contribution in [0.4, 0.5) is 0 Å². The third kappa shape index (κ3) is 2.72. The van der Waals surface area contributed by atoms with Gasteiger partial charge in [-0.2, -0.15) is 0 Å². The number of hydrogen-bond acceptors (Lipinski definition) is 4. The zero-order valence-corrected chi connectivity index (χ0v) is 12.0. The molecule has 0 radical (unpaired) electrons. The minimum absolute atomic E-state index is 0.154. The third-order valence-electron chi connectivity index (χ3n) is 4.87. The lowest BCUT2D eigenvalue weighted by Crippen LogP contribution is -2.66. The van der Waals surface area contributed by atoms with Crippen molar-refractivity contribution in [2.45, 2.75) is 50.3 Å². The molecule has 0 heterocycles. The van der Waals surface area contributed by atoms with E-state index in [0.29, 0.717) is 12.1 Å². The van der Waals surface area contributed by atoms with Crippen molar-refractivity contribution in [3.63, 3.8) is 0 Å². The first kappa shape index (κ1) is 14.3. The number of hydrogen-bond donors (Lipinski definition) is 1. The summed E-state index contributed by atoms with van der Waals surface area (Å²) in [5.74, 6) is 0.867. The van der Waals surface area contributed by atoms with Gasteiger partial charge < -0.3 is 15.2 Å². The molecule has 18 heavy (non-hydrogen) atoms. The molecule has 0 amide bonds. The smallest absolute Gasteiger partial charge is 0.0607 e. The van der Waals surface area contributed by atoms with Crippen LogP contribution in [-0.4, -0.2) is 56.5 Å². The van der Waals surface area contributed by atoms with Gasteiger partial charge >= 0.3 is 0 Å². The highest BCUT2D eigenvalue weighted by molar-refractivity contribution is 5.07. The van der Waals surface area contributed by atoms with E-state index >= 15 is 0 Å². The molecule has 2 N–H and O–H groups in total. The molecular weight excluding hydrogens is 228 g/mol. The second-order valence-corrected chi connectivity index (χ2v) is 5.96. The van der Waals surface area contributed by atoms with Crippen molar-refractivity contribution in [1.82, 2.24) is 4.90 Å². The standard InChI is InChI=1S/C14H28N2O2/c1-11(12-4-5-12)16(6-7-17-2)14(10-15)8-13(9-14)18-3/h11-13H,4-10,15H2,1-3H3. The van der Waals surface area contributed by atoms with Crippen molar-refractivity contribution in [1.29, 1.82) is 0 Å². The summed E-state index contributed by atoms with van der Waals surface area (Å²) in [5.41, 5.74) is 6.23. The molecule has 0 aromatic rings. The Morgan fingerprint density at radius 1 is 1.33 bits per heavy atom. The molecule has 2 fully saturated rings. The van der Waals surface area contributed by atoms with Gasteiger partial charge in [-0.1, -0.05) is 0 Å². The normalized spacial score (nSPS) is 33.5. The number of rotatable bonds is 8. The number of ether oxygens (including phenoxy) is 2. The molecule has 2 aliphatic carbocycles. The Balaban J connectivity index is 2.01. The molecule has 0 bridgehead atoms. The fraction of sp³-hybridized carbons (Fsp3) is 1.00. The zero-order chi connectivity index (χ0) is 13.2. The van der Waals surface area contributed by atoms with Gasteiger partial charge in [-0.05, 0) is 38.5 Å². The molecule has 0 aromatic carbocycles. The molecule has 0 aliphatic heterocycles. The first-order chi connectivity index (χ1) is 8.66. The molecule has 4 heteroatoms. The van der Waals surface area contributed by atoms with Crippen LogP contribution in [0.25, 0.3) is 0 Å². The van der Waals surface area contributed by atoms with Gasteiger partial charge in [0, 0.05) is 38.9 Å². The Labute approximate surface area is 111 Å². The number of methoxy groups -OCH3 is 2. The van der Waals surface area contributed by atoms with Crippen LogP contribution in [0.3, 0.4) is 0 Å². The lowest BCUT2D eigenvalue weighted by molar-refractivity contribution is -0.107. The van der Waals surface area contributed by atoms with Gasteiger partial charge in [0.2, 0.25) is 0 Å². The predicted octanol–water partition coefficient (Wildman–Crippen LogP) is 1.24. The van der Waals surface area contributed by atoms with Gasteiger partial charge in [0.1, 0.15) is 0 Å². The van der Waals surface area contributed by atoms with Gasteiger partial charge in [0.05, 0.1) is 12.7 Å². The van der Waals surface area contributed by atoms with E-state index in [9.17, 15) is 0 Å². The van der Waals surface area contributed by atoms with Crippen LogP contribution in [-0.2, 0) is 9.47 Å². The summed E-state index contributed by atoms with van der Waals surface area (Å²) in [6.45, 7) is 4.86. The average molecular weight is 256 g/mol. The molecule has 0 aromatic heterocycles. The second kappa shape index (κ2) is 5.87. The van der Waals surface area contributed by atoms with E-state index in [4.69, 9.17) is 15.2 Å². The lowest BCUT2D eigenvalue weighted by Gasteiger charge is -2.55. The van der Waals surface area contributed by atoms with Crippen LogP contribution >= 0.6 is 0 Å². The minimum Gasteiger partial charge on any atom is -0.383 e. The van der Waals surface area contributed by atoms with Crippen LogP contribution < -0.4 is 5.73 Å². The first-order valence-corrected chi connectivity index (χ1v) is 7.15. The number of nitrogens with two attached hydrogens (primary N) is 1. The molecule has 2 aliphatic rings. The lowest BCUT2D eigenvalue weighted by atomic mass is 9.72. The Morgan fingerprint density at radius 2 is 2.00 bits per heavy atom. The molecule has 4 nitrogen and oxygen atoms in total. The van der Waals surface area contributed by atoms with E-state index in [-0.39, 0.29) is 5.54 Å². The van der Waals surface area contributed by atoms with E-state index in [1.54, 1.807) is 14.2 Å². The Hall–Kier alpha value is -0.160. The molecule has 1 atom stereocenters. The Morgan fingerprint density at radius 3 is 2.44 bits per heavy atom. The quantitative estimate of drug-likeness (QED) is 0.710. The maximum atomic E-state index is 6.08. The van der Waals surface area contributed by atoms with Crippen LogP contribution in [0.1, 0.15) is 32.6 Å². The Kier molecular flexibility index (Phi) is 4.64. The van der Waals surface area contributed by atoms with E-state index in [1.807, 2.05) is 0 Å². The summed E-state index contributed by atoms with van der Waals surface area (Å²) in [5, 5.41) is 0. The largest absolute Gasteiger partial charge is 0.383 e. The highest BCUT2D eigenvalue weighted by atomic mass is 16.5. The third-order valence-corrected chi connectivity index (χ3v) is 4.87. The highest BCUT2D eigenvalue weighted by Crippen LogP contribution is 2.44. The van der Waals surface area contributed by atoms with E-state index in [0.717, 1.165) is 38.5 Å². The zero-order valence-electron chi connectivity index (χ0n) is 12.0. The van der Waals surface area contributed by atoms with Crippen molar-refractivity contribution in [2.24, 2.45) is 11.7 Å². The molecule has 2 saturated carbocycles. The molecular formula is C14H28N2O2. The molecule has 106 valence electrons. The van der Waals surface area contributed by atoms with Crippen LogP contribution in [0, 0.1) is 5.92 Å². The van der Waals surface area contributed by atoms with Crippen molar-refractivity contribution >= 4 is 0 Å². The first-order valence-electron chi connectivity index (χ1n) is 7.15. The van der Waals surface area contributed by atoms with Crippen LogP contribution in [0.5, 0.6) is 0 Å². The maximum absolute atomic E-state index is 6.08. The summed E-state index contributed by atoms with van der Waals surface area (Å²) in [4.78, 5) is 2.60. The van der Waals surface area contributed by atoms with Crippen molar-refractivity contribution in [3.05, 3.63) is 0 Å². The van der Waals surface area contributed by atoms with Gasteiger partial charge in [-0.15, -0.1) is 0 Å². The molecule has 0 spiro atoms. The van der Waals surface area contributed by atoms with E-state index < -0.39 is 0 Å². The van der Waals surface area contributed by atoms with Gasteiger partial charge in [-0.25, -0.2) is 0 Å². The SMILES string of the molecule is COCCN(C(C)C1CC1)C1(CN)CC(OC)C1. The van der Waals surface area contributed by atoms with E-state index in [2.05, 4.69) is 11.8 Å². The van der Waals surface area contributed by atoms with Gasteiger partial charge in [0.15, 0.2) is 0 Å². The minimum atomic E-state index is 0.154. The monoisotopic (exact) mass is 256 g/mol. The van der Waals surface area contributed by atoms with E-state index in [1.165, 1.54) is 12.8 Å². The summed E-state index contributed by atoms with van der Waals surface area (Å²) in [6.07, 6.45) is 5.28. The maximum Gasteiger partial charge on any atom is 0.0607 e. The predicted molar refractivity (Wildman–Crippen MR) is 72.6 cm³/mol. The average Bonchev–Trinajstić information content (AvgIpc) is 3.15. The summed E-state index contributed by atoms with van der Waals surface area (Å²) >= 11 is 0. The summed E-state index contributed by atoms with van der Waals surface area (Å²) in [6, 6.07) is 0.626. The fourth-order valence-corrected chi connectivity index (χ4v) is 3.37. The van der Waals surface area contributed by atoms with Crippen LogP contribution in [0.2, 0.25) is 0 Å². The summed E-state index contributed by atoms with van der Waals surface area (Å²) < 4.78 is 10.7. The molecule has 2 rings (SSSR count). The van der Waals surface area contributed by atoms with Gasteiger partial charge in [0.25, 0.3) is 0 Å². The number of nitrogens with zero attached hydrogens (tertiary/aromatic N) is 1. The van der Waals surface area contributed by atoms with Crippen molar-refractivity contribution in [2.75, 3.05) is 33.9 Å². The molecule has 0 saturated heterocycles. The summed E-state index contributed by atoms with van der Waals surface area (Å²) in [7, 11) is 3.57. The molecule has 1 unspecified atom stereocenters. The Bertz CT molecular complexity index is 263. The van der Waals surface area contributed by atoms with Crippen molar-refractivity contribution in [3.8, 4) is 0 Å². The fourth-order valence-electron chi connectivity index (χ4n) is 3.37. The topological polar surface area (TPSA) is 47.7 Å². The second-order valence-electron chi connectivity index (χ2n) is 5.96. The van der Waals surface area contributed by atoms with Gasteiger partial charge in [-0.3, -0.25) is 4.90 Å². The van der Waals surface area contributed by atoms with Crippen molar-refractivity contribution < 1.29 is 9.47 Å². The highest BCUT2D eigenvalue weighted by Gasteiger charge is 2.50.